The molecule has 4 aromatic rings. The Kier molecular flexibility index (Phi) is 9.40. The number of phenolic OH excluding ortho intramolecular Hbond substituents is 1. The number of likely N-dealkylation sites (tertiary alicyclic amines) is 1. The van der Waals surface area contributed by atoms with Crippen molar-refractivity contribution < 1.29 is 24.2 Å². The van der Waals surface area contributed by atoms with Crippen LogP contribution in [0.25, 0.3) is 22.5 Å². The molecule has 9 heteroatoms. The van der Waals surface area contributed by atoms with E-state index in [4.69, 9.17) is 9.72 Å². The molecule has 46 heavy (non-hydrogen) atoms. The van der Waals surface area contributed by atoms with Gasteiger partial charge in [0.05, 0.1) is 18.5 Å². The highest BCUT2D eigenvalue weighted by atomic mass is 16.5. The van der Waals surface area contributed by atoms with Crippen LogP contribution in [0.4, 0.5) is 0 Å². The van der Waals surface area contributed by atoms with Crippen molar-refractivity contribution in [2.75, 3.05) is 46.4 Å². The third-order valence-electron chi connectivity index (χ3n) is 8.93. The minimum absolute atomic E-state index is 0.00147. The van der Waals surface area contributed by atoms with E-state index in [1.807, 2.05) is 77.7 Å². The van der Waals surface area contributed by atoms with Gasteiger partial charge < -0.3 is 19.6 Å². The summed E-state index contributed by atoms with van der Waals surface area (Å²) in [6.07, 6.45) is 1.53. The summed E-state index contributed by atoms with van der Waals surface area (Å²) in [7, 11) is 1.44. The zero-order chi connectivity index (χ0) is 32.0. The molecule has 0 atom stereocenters. The fourth-order valence-electron chi connectivity index (χ4n) is 6.34. The molecule has 3 heterocycles. The molecule has 9 nitrogen and oxygen atoms in total. The van der Waals surface area contributed by atoms with Gasteiger partial charge in [-0.1, -0.05) is 66.7 Å². The fourth-order valence-corrected chi connectivity index (χ4v) is 6.34. The van der Waals surface area contributed by atoms with Gasteiger partial charge >= 0.3 is 0 Å². The molecule has 6 rings (SSSR count). The zero-order valence-electron chi connectivity index (χ0n) is 26.0. The van der Waals surface area contributed by atoms with Gasteiger partial charge in [0.2, 0.25) is 5.78 Å². The lowest BCUT2D eigenvalue weighted by atomic mass is 10.0. The smallest absolute Gasteiger partial charge is 0.290 e. The van der Waals surface area contributed by atoms with E-state index in [-0.39, 0.29) is 23.8 Å². The van der Waals surface area contributed by atoms with Crippen LogP contribution >= 0.6 is 0 Å². The molecular weight excluding hydrogens is 580 g/mol. The number of pyridine rings is 1. The molecule has 2 saturated heterocycles. The van der Waals surface area contributed by atoms with E-state index in [0.717, 1.165) is 48.4 Å². The Labute approximate surface area is 269 Å². The van der Waals surface area contributed by atoms with Crippen molar-refractivity contribution in [1.82, 2.24) is 19.7 Å². The Balaban J connectivity index is 1.05. The van der Waals surface area contributed by atoms with Crippen molar-refractivity contribution in [3.63, 3.8) is 0 Å². The number of piperidine rings is 1. The van der Waals surface area contributed by atoms with Crippen LogP contribution in [0.5, 0.6) is 11.5 Å². The number of carbonyl (C=O) groups is 3. The highest BCUT2D eigenvalue weighted by Crippen LogP contribution is 2.28. The highest BCUT2D eigenvalue weighted by molar-refractivity contribution is 6.36. The molecule has 0 radical (unpaired) electrons. The Morgan fingerprint density at radius 1 is 0.761 bits per heavy atom. The normalized spacial score (nSPS) is 15.8. The van der Waals surface area contributed by atoms with Crippen LogP contribution in [0.2, 0.25) is 0 Å². The first-order chi connectivity index (χ1) is 22.4. The van der Waals surface area contributed by atoms with Gasteiger partial charge in [0.25, 0.3) is 11.8 Å². The number of ether oxygens (including phenoxy) is 1. The van der Waals surface area contributed by atoms with Crippen LogP contribution < -0.4 is 4.74 Å². The summed E-state index contributed by atoms with van der Waals surface area (Å²) in [4.78, 5) is 50.3. The van der Waals surface area contributed by atoms with Gasteiger partial charge in [-0.2, -0.15) is 0 Å². The minimum Gasteiger partial charge on any atom is -0.504 e. The predicted molar refractivity (Wildman–Crippen MR) is 176 cm³/mol. The molecule has 2 aliphatic heterocycles. The number of Topliss-reactive ketones (excluding diaryl/α,β-unsaturated/α-hetero) is 1. The van der Waals surface area contributed by atoms with Crippen molar-refractivity contribution in [3.05, 3.63) is 102 Å². The number of hydrogen-bond acceptors (Lipinski definition) is 7. The first-order valence-electron chi connectivity index (χ1n) is 15.7. The maximum absolute atomic E-state index is 13.8. The van der Waals surface area contributed by atoms with Gasteiger partial charge in [0.15, 0.2) is 11.5 Å². The number of phenols is 1. The number of carbonyl (C=O) groups excluding carboxylic acids is 3. The third-order valence-corrected chi connectivity index (χ3v) is 8.93. The average Bonchev–Trinajstić information content (AvgIpc) is 3.12. The summed E-state index contributed by atoms with van der Waals surface area (Å²) in [5.74, 6) is -0.677. The fraction of sp³-hybridized carbons (Fsp3) is 0.297. The van der Waals surface area contributed by atoms with Gasteiger partial charge in [-0.25, -0.2) is 4.98 Å². The Morgan fingerprint density at radius 3 is 1.91 bits per heavy atom. The van der Waals surface area contributed by atoms with Gasteiger partial charge in [-0.3, -0.25) is 19.3 Å². The molecule has 0 bridgehead atoms. The highest BCUT2D eigenvalue weighted by Gasteiger charge is 2.32. The number of nitrogens with zero attached hydrogens (tertiary/aromatic N) is 4. The van der Waals surface area contributed by atoms with Crippen molar-refractivity contribution >= 4 is 17.6 Å². The summed E-state index contributed by atoms with van der Waals surface area (Å²) in [6, 6.07) is 28.6. The summed E-state index contributed by atoms with van der Waals surface area (Å²) in [6.45, 7) is 3.80. The number of amides is 2. The largest absolute Gasteiger partial charge is 0.504 e. The number of rotatable bonds is 8. The van der Waals surface area contributed by atoms with E-state index in [9.17, 15) is 19.5 Å². The SMILES string of the molecule is COc1cc(CC(=O)C(=O)N2CCC(N3CCN(C(=O)c4cc(-c5ccccc5)nc(-c5ccccc5)c4)CC3)CC2)ccc1O. The number of benzene rings is 3. The number of methoxy groups -OCH3 is 1. The van der Waals surface area contributed by atoms with Gasteiger partial charge in [-0.05, 0) is 42.7 Å². The minimum atomic E-state index is -0.472. The van der Waals surface area contributed by atoms with E-state index in [2.05, 4.69) is 4.90 Å². The van der Waals surface area contributed by atoms with Crippen LogP contribution in [0, 0.1) is 0 Å². The molecule has 236 valence electrons. The van der Waals surface area contributed by atoms with Crippen LogP contribution in [0.3, 0.4) is 0 Å². The van der Waals surface area contributed by atoms with Crippen molar-refractivity contribution in [1.29, 1.82) is 0 Å². The molecule has 0 unspecified atom stereocenters. The van der Waals surface area contributed by atoms with Crippen LogP contribution in [-0.4, -0.2) is 94.8 Å². The molecular formula is C37H38N4O5. The summed E-state index contributed by atoms with van der Waals surface area (Å²) in [5.41, 5.74) is 4.72. The van der Waals surface area contributed by atoms with Crippen LogP contribution in [0.15, 0.2) is 91.0 Å². The number of piperazine rings is 1. The first-order valence-corrected chi connectivity index (χ1v) is 15.7. The lowest BCUT2D eigenvalue weighted by Gasteiger charge is -2.42. The summed E-state index contributed by atoms with van der Waals surface area (Å²) >= 11 is 0. The Morgan fingerprint density at radius 2 is 1.35 bits per heavy atom. The Hall–Kier alpha value is -5.02. The molecule has 1 N–H and O–H groups in total. The third kappa shape index (κ3) is 6.94. The van der Waals surface area contributed by atoms with E-state index in [1.165, 1.54) is 13.2 Å². The monoisotopic (exact) mass is 618 g/mol. The lowest BCUT2D eigenvalue weighted by Crippen LogP contribution is -2.55. The first kappa shape index (κ1) is 31.0. The number of hydrogen-bond donors (Lipinski definition) is 1. The number of aromatic hydroxyl groups is 1. The van der Waals surface area contributed by atoms with Crippen molar-refractivity contribution in [2.45, 2.75) is 25.3 Å². The average molecular weight is 619 g/mol. The van der Waals surface area contributed by atoms with Gasteiger partial charge in [0, 0.05) is 68.4 Å². The Bertz CT molecular complexity index is 1640. The topological polar surface area (TPSA) is 103 Å². The number of ketones is 1. The quantitative estimate of drug-likeness (QED) is 0.286. The molecule has 0 saturated carbocycles. The molecule has 2 fully saturated rings. The van der Waals surface area contributed by atoms with Gasteiger partial charge in [-0.15, -0.1) is 0 Å². The maximum Gasteiger partial charge on any atom is 0.290 e. The lowest BCUT2D eigenvalue weighted by molar-refractivity contribution is -0.145. The van der Waals surface area contributed by atoms with E-state index < -0.39 is 11.7 Å². The second-order valence-electron chi connectivity index (χ2n) is 11.8. The predicted octanol–water partition coefficient (Wildman–Crippen LogP) is 4.69. The second-order valence-corrected chi connectivity index (χ2v) is 11.8. The van der Waals surface area contributed by atoms with E-state index in [1.54, 1.807) is 17.0 Å². The summed E-state index contributed by atoms with van der Waals surface area (Å²) < 4.78 is 5.11. The second kappa shape index (κ2) is 14.0. The van der Waals surface area contributed by atoms with Gasteiger partial charge in [0.1, 0.15) is 0 Å². The molecule has 0 aliphatic carbocycles. The van der Waals surface area contributed by atoms with E-state index >= 15 is 0 Å². The molecule has 1 aromatic heterocycles. The zero-order valence-corrected chi connectivity index (χ0v) is 26.0. The van der Waals surface area contributed by atoms with Crippen molar-refractivity contribution in [2.24, 2.45) is 0 Å². The van der Waals surface area contributed by atoms with Crippen LogP contribution in [0.1, 0.15) is 28.8 Å². The van der Waals surface area contributed by atoms with Crippen LogP contribution in [-0.2, 0) is 16.0 Å². The summed E-state index contributed by atoms with van der Waals surface area (Å²) in [5, 5.41) is 9.80. The molecule has 2 aliphatic rings. The van der Waals surface area contributed by atoms with E-state index in [0.29, 0.717) is 43.3 Å². The molecule has 0 spiro atoms. The maximum atomic E-state index is 13.8. The molecule has 2 amide bonds. The number of aromatic nitrogens is 1. The van der Waals surface area contributed by atoms with Crippen molar-refractivity contribution in [3.8, 4) is 34.0 Å². The molecule has 3 aromatic carbocycles. The standard InChI is InChI=1S/C37H38N4O5/c1-46-35-23-26(12-13-33(35)42)22-34(43)37(45)40-16-14-30(15-17-40)39-18-20-41(21-19-39)36(44)29-24-31(27-8-4-2-5-9-27)38-32(25-29)28-10-6-3-7-11-28/h2-13,23-25,30,42H,14-22H2,1H3.